The van der Waals surface area contributed by atoms with E-state index in [2.05, 4.69) is 12.1 Å². The number of carbonyl (C=O) groups is 2. The van der Waals surface area contributed by atoms with Crippen LogP contribution in [0.2, 0.25) is 0 Å². The number of fused-ring (bicyclic) bond motifs is 2. The number of hydrogen-bond donors (Lipinski definition) is 1. The van der Waals surface area contributed by atoms with E-state index in [4.69, 9.17) is 22.3 Å². The van der Waals surface area contributed by atoms with Crippen LogP contribution in [0.1, 0.15) is 16.7 Å². The van der Waals surface area contributed by atoms with Crippen LogP contribution in [0.25, 0.3) is 11.7 Å². The molecule has 1 aromatic carbocycles. The summed E-state index contributed by atoms with van der Waals surface area (Å²) in [6, 6.07) is 13.5. The molecule has 1 N–H and O–H groups in total. The van der Waals surface area contributed by atoms with Gasteiger partial charge in [-0.1, -0.05) is 54.3 Å². The number of carbonyl (C=O) groups excluding carboxylic acids is 1. The Bertz CT molecular complexity index is 1420. The normalized spacial score (nSPS) is 17.2. The molecule has 0 unspecified atom stereocenters. The molecule has 33 heavy (non-hydrogen) atoms. The highest BCUT2D eigenvalue weighted by Gasteiger charge is 2.34. The van der Waals surface area contributed by atoms with Crippen molar-refractivity contribution in [1.82, 2.24) is 14.3 Å². The number of amides is 1. The van der Waals surface area contributed by atoms with Crippen LogP contribution in [-0.2, 0) is 22.6 Å². The van der Waals surface area contributed by atoms with Crippen LogP contribution >= 0.6 is 24.0 Å². The third-order valence-electron chi connectivity index (χ3n) is 5.62. The molecule has 0 bridgehead atoms. The number of thiocarbonyl (C=S) groups is 1. The molecule has 2 aliphatic heterocycles. The van der Waals surface area contributed by atoms with Crippen LogP contribution in [0.15, 0.2) is 58.4 Å². The molecule has 1 amide bonds. The molecule has 3 aromatic rings. The van der Waals surface area contributed by atoms with Gasteiger partial charge in [-0.3, -0.25) is 23.7 Å². The molecule has 2 aromatic heterocycles. The highest BCUT2D eigenvalue weighted by molar-refractivity contribution is 8.26. The Morgan fingerprint density at radius 2 is 1.91 bits per heavy atom. The van der Waals surface area contributed by atoms with Crippen LogP contribution in [0, 0.1) is 0 Å². The van der Waals surface area contributed by atoms with Crippen LogP contribution in [0.4, 0.5) is 5.82 Å². The second kappa shape index (κ2) is 8.45. The predicted molar refractivity (Wildman–Crippen MR) is 130 cm³/mol. The summed E-state index contributed by atoms with van der Waals surface area (Å²) in [4.78, 5) is 45.4. The van der Waals surface area contributed by atoms with E-state index < -0.39 is 18.4 Å². The number of thioether (sulfide) groups is 1. The second-order valence-corrected chi connectivity index (χ2v) is 9.36. The number of benzene rings is 1. The van der Waals surface area contributed by atoms with E-state index in [0.717, 1.165) is 28.6 Å². The number of aliphatic carboxylic acids is 1. The maximum atomic E-state index is 13.5. The summed E-state index contributed by atoms with van der Waals surface area (Å²) in [5, 5.41) is 9.09. The lowest BCUT2D eigenvalue weighted by Crippen LogP contribution is -2.34. The molecule has 2 aliphatic rings. The average Bonchev–Trinajstić information content (AvgIpc) is 3.07. The average molecular weight is 479 g/mol. The number of carboxylic acids is 1. The minimum atomic E-state index is -1.16. The zero-order chi connectivity index (χ0) is 23.1. The van der Waals surface area contributed by atoms with E-state index in [1.165, 1.54) is 16.0 Å². The number of hydrogen-bond acceptors (Lipinski definition) is 7. The number of carboxylic acid groups (broad SMARTS) is 1. The lowest BCUT2D eigenvalue weighted by Gasteiger charge is -2.30. The van der Waals surface area contributed by atoms with Gasteiger partial charge in [0.25, 0.3) is 11.5 Å². The van der Waals surface area contributed by atoms with E-state index >= 15 is 0 Å². The van der Waals surface area contributed by atoms with E-state index in [1.807, 2.05) is 23.1 Å². The summed E-state index contributed by atoms with van der Waals surface area (Å²) in [6.07, 6.45) is 3.94. The number of rotatable bonds is 4. The monoisotopic (exact) mass is 478 g/mol. The topological polar surface area (TPSA) is 95.2 Å². The molecular weight excluding hydrogens is 460 g/mol. The molecule has 0 saturated carbocycles. The van der Waals surface area contributed by atoms with Gasteiger partial charge in [0, 0.05) is 19.3 Å². The van der Waals surface area contributed by atoms with Crippen LogP contribution < -0.4 is 10.5 Å². The van der Waals surface area contributed by atoms with Gasteiger partial charge < -0.3 is 10.0 Å². The largest absolute Gasteiger partial charge is 0.480 e. The molecule has 10 heteroatoms. The molecular formula is C23H18N4O4S2. The number of anilines is 1. The van der Waals surface area contributed by atoms with Crippen LogP contribution in [0.5, 0.6) is 0 Å². The zero-order valence-corrected chi connectivity index (χ0v) is 18.9. The van der Waals surface area contributed by atoms with E-state index in [-0.39, 0.29) is 20.3 Å². The molecule has 0 aliphatic carbocycles. The molecule has 0 spiro atoms. The highest BCUT2D eigenvalue weighted by Crippen LogP contribution is 2.34. The molecule has 0 atom stereocenters. The predicted octanol–water partition coefficient (Wildman–Crippen LogP) is 2.54. The lowest BCUT2D eigenvalue weighted by atomic mass is 9.99. The minimum absolute atomic E-state index is 0.149. The molecule has 166 valence electrons. The quantitative estimate of drug-likeness (QED) is 0.452. The van der Waals surface area contributed by atoms with Gasteiger partial charge in [-0.05, 0) is 35.8 Å². The van der Waals surface area contributed by atoms with Crippen molar-refractivity contribution in [2.45, 2.75) is 13.0 Å². The summed E-state index contributed by atoms with van der Waals surface area (Å²) in [6.45, 7) is 0.742. The maximum absolute atomic E-state index is 13.5. The lowest BCUT2D eigenvalue weighted by molar-refractivity contribution is -0.140. The summed E-state index contributed by atoms with van der Waals surface area (Å²) < 4.78 is 1.58. The van der Waals surface area contributed by atoms with Gasteiger partial charge >= 0.3 is 5.97 Å². The van der Waals surface area contributed by atoms with Crippen molar-refractivity contribution < 1.29 is 14.7 Å². The van der Waals surface area contributed by atoms with E-state index in [0.29, 0.717) is 24.6 Å². The van der Waals surface area contributed by atoms with Gasteiger partial charge in [-0.25, -0.2) is 4.98 Å². The second-order valence-electron chi connectivity index (χ2n) is 7.68. The fourth-order valence-corrected chi connectivity index (χ4v) is 5.27. The summed E-state index contributed by atoms with van der Waals surface area (Å²) >= 11 is 6.18. The highest BCUT2D eigenvalue weighted by atomic mass is 32.2. The first-order chi connectivity index (χ1) is 15.9. The van der Waals surface area contributed by atoms with Crippen LogP contribution in [0.3, 0.4) is 0 Å². The van der Waals surface area contributed by atoms with E-state index in [9.17, 15) is 14.4 Å². The Morgan fingerprint density at radius 1 is 1.15 bits per heavy atom. The minimum Gasteiger partial charge on any atom is -0.480 e. The van der Waals surface area contributed by atoms with Gasteiger partial charge in [0.15, 0.2) is 0 Å². The first kappa shape index (κ1) is 21.4. The van der Waals surface area contributed by atoms with Gasteiger partial charge in [0.2, 0.25) is 0 Å². The zero-order valence-electron chi connectivity index (χ0n) is 17.3. The molecule has 1 fully saturated rings. The van der Waals surface area contributed by atoms with Gasteiger partial charge in [-0.2, -0.15) is 0 Å². The third-order valence-corrected chi connectivity index (χ3v) is 7.00. The van der Waals surface area contributed by atoms with Crippen LogP contribution in [-0.4, -0.2) is 48.7 Å². The number of pyridine rings is 1. The molecule has 5 rings (SSSR count). The van der Waals surface area contributed by atoms with Crippen molar-refractivity contribution in [2.24, 2.45) is 0 Å². The standard InChI is InChI=1S/C23H18N4O4S2/c28-19(29)13-27-22(31)17(33-23(27)32)11-16-20(24-18-7-3-4-9-26(18)21(16)30)25-10-8-14-5-1-2-6-15(14)12-25/h1-7,9,11H,8,10,12-13H2,(H,28,29). The van der Waals surface area contributed by atoms with Crippen molar-refractivity contribution >= 4 is 57.7 Å². The van der Waals surface area contributed by atoms with E-state index in [1.54, 1.807) is 18.3 Å². The van der Waals surface area contributed by atoms with Crippen molar-refractivity contribution in [3.05, 3.63) is 80.6 Å². The fraction of sp³-hybridized carbons (Fsp3) is 0.174. The number of aromatic nitrogens is 2. The fourth-order valence-electron chi connectivity index (χ4n) is 4.04. The first-order valence-corrected chi connectivity index (χ1v) is 11.4. The molecule has 0 radical (unpaired) electrons. The Kier molecular flexibility index (Phi) is 5.47. The maximum Gasteiger partial charge on any atom is 0.323 e. The van der Waals surface area contributed by atoms with Crippen molar-refractivity contribution in [1.29, 1.82) is 0 Å². The SMILES string of the molecule is O=C(O)CN1C(=O)C(=Cc2c(N3CCc4ccccc4C3)nc3ccccn3c2=O)SC1=S. The third kappa shape index (κ3) is 3.91. The van der Waals surface area contributed by atoms with Crippen molar-refractivity contribution in [3.8, 4) is 0 Å². The molecule has 4 heterocycles. The Labute approximate surface area is 198 Å². The molecule has 8 nitrogen and oxygen atoms in total. The first-order valence-electron chi connectivity index (χ1n) is 10.2. The van der Waals surface area contributed by atoms with Crippen molar-refractivity contribution in [2.75, 3.05) is 18.0 Å². The van der Waals surface area contributed by atoms with Gasteiger partial charge in [0.05, 0.1) is 10.5 Å². The Morgan fingerprint density at radius 3 is 2.70 bits per heavy atom. The van der Waals surface area contributed by atoms with Crippen molar-refractivity contribution in [3.63, 3.8) is 0 Å². The summed E-state index contributed by atoms with van der Waals surface area (Å²) in [5.41, 5.74) is 2.90. The summed E-state index contributed by atoms with van der Waals surface area (Å²) in [7, 11) is 0. The molecule has 1 saturated heterocycles. The van der Waals surface area contributed by atoms with Gasteiger partial charge in [0.1, 0.15) is 22.3 Å². The Hall–Kier alpha value is -3.50. The smallest absolute Gasteiger partial charge is 0.323 e. The number of nitrogens with zero attached hydrogens (tertiary/aromatic N) is 4. The van der Waals surface area contributed by atoms with Gasteiger partial charge in [-0.15, -0.1) is 0 Å². The summed E-state index contributed by atoms with van der Waals surface area (Å²) in [5.74, 6) is -1.20. The Balaban J connectivity index is 1.63.